The topological polar surface area (TPSA) is 23.8 Å². The van der Waals surface area contributed by atoms with E-state index in [1.165, 1.54) is 24.8 Å². The van der Waals surface area contributed by atoms with Gasteiger partial charge in [0.15, 0.2) is 0 Å². The van der Waals surface area contributed by atoms with Crippen molar-refractivity contribution in [3.63, 3.8) is 0 Å². The Bertz CT molecular complexity index is 561. The molecule has 19 heavy (non-hydrogen) atoms. The number of unbranched alkanes of at least 4 members (excludes halogenated alkanes) is 2. The maximum atomic E-state index is 9.13. The summed E-state index contributed by atoms with van der Waals surface area (Å²) >= 11 is 0. The van der Waals surface area contributed by atoms with E-state index in [2.05, 4.69) is 37.3 Å². The van der Waals surface area contributed by atoms with Gasteiger partial charge in [-0.25, -0.2) is 0 Å². The highest BCUT2D eigenvalue weighted by Gasteiger charge is 2.03. The van der Waals surface area contributed by atoms with Crippen molar-refractivity contribution in [2.24, 2.45) is 0 Å². The maximum Gasteiger partial charge on any atom is 0.0998 e. The normalized spacial score (nSPS) is 10.1. The van der Waals surface area contributed by atoms with Crippen LogP contribution in [0.25, 0.3) is 11.1 Å². The van der Waals surface area contributed by atoms with Crippen LogP contribution in [0.5, 0.6) is 0 Å². The van der Waals surface area contributed by atoms with Crippen molar-refractivity contribution in [2.75, 3.05) is 0 Å². The minimum Gasteiger partial charge on any atom is -0.192 e. The van der Waals surface area contributed by atoms with E-state index in [1.54, 1.807) is 0 Å². The number of nitriles is 1. The second kappa shape index (κ2) is 6.75. The summed E-state index contributed by atoms with van der Waals surface area (Å²) in [6.07, 6.45) is 4.95. The van der Waals surface area contributed by atoms with Crippen LogP contribution in [0.1, 0.15) is 37.3 Å². The molecule has 2 aromatic rings. The number of aryl methyl sites for hydroxylation is 1. The molecule has 0 saturated heterocycles. The van der Waals surface area contributed by atoms with Gasteiger partial charge in [-0.05, 0) is 35.6 Å². The number of benzene rings is 2. The molecule has 1 heteroatoms. The van der Waals surface area contributed by atoms with Crippen molar-refractivity contribution >= 4 is 0 Å². The van der Waals surface area contributed by atoms with Gasteiger partial charge in [0.1, 0.15) is 0 Å². The second-order valence-corrected chi connectivity index (χ2v) is 4.81. The van der Waals surface area contributed by atoms with Crippen LogP contribution in [-0.2, 0) is 6.42 Å². The highest BCUT2D eigenvalue weighted by Crippen LogP contribution is 2.23. The lowest BCUT2D eigenvalue weighted by Crippen LogP contribution is -1.87. The van der Waals surface area contributed by atoms with E-state index in [9.17, 15) is 0 Å². The van der Waals surface area contributed by atoms with Gasteiger partial charge in [0.25, 0.3) is 0 Å². The molecule has 0 atom stereocenters. The molecule has 0 fully saturated rings. The highest BCUT2D eigenvalue weighted by molar-refractivity contribution is 5.70. The van der Waals surface area contributed by atoms with Crippen LogP contribution in [0.15, 0.2) is 48.5 Å². The molecule has 0 aromatic heterocycles. The monoisotopic (exact) mass is 249 g/mol. The number of hydrogen-bond acceptors (Lipinski definition) is 1. The van der Waals surface area contributed by atoms with E-state index < -0.39 is 0 Å². The number of rotatable bonds is 5. The van der Waals surface area contributed by atoms with Gasteiger partial charge in [0, 0.05) is 0 Å². The van der Waals surface area contributed by atoms with Gasteiger partial charge < -0.3 is 0 Å². The van der Waals surface area contributed by atoms with Crippen molar-refractivity contribution in [1.29, 1.82) is 5.26 Å². The zero-order valence-electron chi connectivity index (χ0n) is 11.4. The zero-order valence-corrected chi connectivity index (χ0v) is 11.4. The smallest absolute Gasteiger partial charge is 0.0998 e. The predicted molar refractivity (Wildman–Crippen MR) is 79.8 cm³/mol. The van der Waals surface area contributed by atoms with E-state index >= 15 is 0 Å². The van der Waals surface area contributed by atoms with E-state index in [0.29, 0.717) is 0 Å². The fourth-order valence-corrected chi connectivity index (χ4v) is 2.26. The van der Waals surface area contributed by atoms with Gasteiger partial charge in [-0.1, -0.05) is 62.2 Å². The average Bonchev–Trinajstić information content (AvgIpc) is 2.48. The quantitative estimate of drug-likeness (QED) is 0.687. The first-order valence-corrected chi connectivity index (χ1v) is 6.93. The van der Waals surface area contributed by atoms with Crippen LogP contribution < -0.4 is 0 Å². The first-order chi connectivity index (χ1) is 9.35. The molecule has 2 aromatic carbocycles. The molecular weight excluding hydrogens is 230 g/mol. The lowest BCUT2D eigenvalue weighted by molar-refractivity contribution is 0.717. The summed E-state index contributed by atoms with van der Waals surface area (Å²) in [5.74, 6) is 0. The lowest BCUT2D eigenvalue weighted by Gasteiger charge is -2.06. The Morgan fingerprint density at radius 3 is 2.37 bits per heavy atom. The first-order valence-electron chi connectivity index (χ1n) is 6.93. The molecule has 2 rings (SSSR count). The van der Waals surface area contributed by atoms with Crippen molar-refractivity contribution in [1.82, 2.24) is 0 Å². The van der Waals surface area contributed by atoms with E-state index in [4.69, 9.17) is 5.26 Å². The Hall–Kier alpha value is -2.07. The standard InChI is InChI=1S/C18H19N/c1-2-3-4-7-15-10-12-16(13-11-15)18-9-6-5-8-17(18)14-19/h5-6,8-13H,2-4,7H2,1H3. The fraction of sp³-hybridized carbons (Fsp3) is 0.278. The van der Waals surface area contributed by atoms with Crippen LogP contribution in [0.4, 0.5) is 0 Å². The van der Waals surface area contributed by atoms with Crippen LogP contribution in [0, 0.1) is 11.3 Å². The summed E-state index contributed by atoms with van der Waals surface area (Å²) < 4.78 is 0. The van der Waals surface area contributed by atoms with Crippen LogP contribution >= 0.6 is 0 Å². The summed E-state index contributed by atoms with van der Waals surface area (Å²) in [6.45, 7) is 2.22. The maximum absolute atomic E-state index is 9.13. The van der Waals surface area contributed by atoms with Gasteiger partial charge in [0.2, 0.25) is 0 Å². The van der Waals surface area contributed by atoms with Crippen LogP contribution in [0.3, 0.4) is 0 Å². The summed E-state index contributed by atoms with van der Waals surface area (Å²) in [5.41, 5.74) is 4.26. The fourth-order valence-electron chi connectivity index (χ4n) is 2.26. The molecule has 0 heterocycles. The molecule has 0 unspecified atom stereocenters. The molecule has 96 valence electrons. The third-order valence-electron chi connectivity index (χ3n) is 3.38. The van der Waals surface area contributed by atoms with Gasteiger partial charge in [-0.15, -0.1) is 0 Å². The molecule has 1 nitrogen and oxygen atoms in total. The summed E-state index contributed by atoms with van der Waals surface area (Å²) in [5, 5.41) is 9.13. The molecule has 0 aliphatic carbocycles. The third-order valence-corrected chi connectivity index (χ3v) is 3.38. The third kappa shape index (κ3) is 3.45. The molecule has 0 spiro atoms. The Labute approximate surface area is 115 Å². The molecule has 0 saturated carbocycles. The van der Waals surface area contributed by atoms with Gasteiger partial charge in [-0.3, -0.25) is 0 Å². The van der Waals surface area contributed by atoms with E-state index in [1.807, 2.05) is 24.3 Å². The van der Waals surface area contributed by atoms with Gasteiger partial charge in [0.05, 0.1) is 11.6 Å². The second-order valence-electron chi connectivity index (χ2n) is 4.81. The highest BCUT2D eigenvalue weighted by atomic mass is 14.2. The van der Waals surface area contributed by atoms with Gasteiger partial charge >= 0.3 is 0 Å². The zero-order chi connectivity index (χ0) is 13.5. The molecule has 0 bridgehead atoms. The predicted octanol–water partition coefficient (Wildman–Crippen LogP) is 4.96. The Balaban J connectivity index is 2.16. The largest absolute Gasteiger partial charge is 0.192 e. The Morgan fingerprint density at radius 1 is 0.947 bits per heavy atom. The number of hydrogen-bond donors (Lipinski definition) is 0. The molecule has 0 amide bonds. The van der Waals surface area contributed by atoms with E-state index in [-0.39, 0.29) is 0 Å². The lowest BCUT2D eigenvalue weighted by atomic mass is 9.98. The summed E-state index contributed by atoms with van der Waals surface area (Å²) in [6, 6.07) is 18.6. The first kappa shape index (κ1) is 13.4. The Morgan fingerprint density at radius 2 is 1.68 bits per heavy atom. The van der Waals surface area contributed by atoms with E-state index in [0.717, 1.165) is 23.1 Å². The summed E-state index contributed by atoms with van der Waals surface area (Å²) in [4.78, 5) is 0. The van der Waals surface area contributed by atoms with Crippen molar-refractivity contribution in [3.05, 3.63) is 59.7 Å². The van der Waals surface area contributed by atoms with Crippen LogP contribution in [-0.4, -0.2) is 0 Å². The molecular formula is C18H19N. The minimum atomic E-state index is 0.737. The Kier molecular flexibility index (Phi) is 4.75. The van der Waals surface area contributed by atoms with Crippen molar-refractivity contribution in [2.45, 2.75) is 32.6 Å². The number of nitrogens with zero attached hydrogens (tertiary/aromatic N) is 1. The summed E-state index contributed by atoms with van der Waals surface area (Å²) in [7, 11) is 0. The SMILES string of the molecule is CCCCCc1ccc(-c2ccccc2C#N)cc1. The molecule has 0 N–H and O–H groups in total. The molecule has 0 aliphatic heterocycles. The molecule has 0 radical (unpaired) electrons. The molecule has 0 aliphatic rings. The van der Waals surface area contributed by atoms with Crippen LogP contribution in [0.2, 0.25) is 0 Å². The van der Waals surface area contributed by atoms with Crippen molar-refractivity contribution in [3.8, 4) is 17.2 Å². The van der Waals surface area contributed by atoms with Gasteiger partial charge in [-0.2, -0.15) is 5.26 Å². The average molecular weight is 249 g/mol. The van der Waals surface area contributed by atoms with Crippen molar-refractivity contribution < 1.29 is 0 Å². The minimum absolute atomic E-state index is 0.737.